The number of amides is 2. The maximum Gasteiger partial charge on any atom is 0.271 e. The van der Waals surface area contributed by atoms with Gasteiger partial charge in [0.05, 0.1) is 17.7 Å². The number of nitrogens with zero attached hydrogens (tertiary/aromatic N) is 3. The summed E-state index contributed by atoms with van der Waals surface area (Å²) in [5.41, 5.74) is 10.5. The third kappa shape index (κ3) is 7.10. The van der Waals surface area contributed by atoms with Gasteiger partial charge in [-0.25, -0.2) is 5.43 Å². The molecule has 4 rings (SSSR count). The number of phenolic OH excluding ortho intramolecular Hbond substituents is 1. The van der Waals surface area contributed by atoms with Gasteiger partial charge in [0, 0.05) is 49.4 Å². The first-order valence-electron chi connectivity index (χ1n) is 12.7. The predicted molar refractivity (Wildman–Crippen MR) is 152 cm³/mol. The van der Waals surface area contributed by atoms with Crippen LogP contribution in [0.5, 0.6) is 5.75 Å². The van der Waals surface area contributed by atoms with Gasteiger partial charge < -0.3 is 15.7 Å². The fourth-order valence-corrected chi connectivity index (χ4v) is 4.65. The van der Waals surface area contributed by atoms with Crippen molar-refractivity contribution in [3.63, 3.8) is 0 Å². The van der Waals surface area contributed by atoms with Crippen molar-refractivity contribution in [2.45, 2.75) is 32.2 Å². The van der Waals surface area contributed by atoms with Gasteiger partial charge in [0.2, 0.25) is 5.91 Å². The van der Waals surface area contributed by atoms with E-state index in [0.29, 0.717) is 6.42 Å². The lowest BCUT2D eigenvalue weighted by molar-refractivity contribution is -0.132. The minimum Gasteiger partial charge on any atom is -0.506 e. The van der Waals surface area contributed by atoms with E-state index in [1.54, 1.807) is 6.21 Å². The predicted octanol–water partition coefficient (Wildman–Crippen LogP) is 3.78. The van der Waals surface area contributed by atoms with Crippen LogP contribution in [0.2, 0.25) is 5.02 Å². The largest absolute Gasteiger partial charge is 0.506 e. The number of nitrogens with two attached hydrogens (primary N) is 1. The second-order valence-electron chi connectivity index (χ2n) is 10.4. The summed E-state index contributed by atoms with van der Waals surface area (Å²) < 4.78 is 0. The Balaban J connectivity index is 1.40. The van der Waals surface area contributed by atoms with E-state index in [-0.39, 0.29) is 27.8 Å². The van der Waals surface area contributed by atoms with Gasteiger partial charge in [0.15, 0.2) is 0 Å². The molecule has 0 radical (unpaired) electrons. The summed E-state index contributed by atoms with van der Waals surface area (Å²) in [7, 11) is 0. The van der Waals surface area contributed by atoms with Crippen molar-refractivity contribution >= 4 is 40.4 Å². The zero-order valence-electron chi connectivity index (χ0n) is 21.8. The number of phenols is 1. The first kappa shape index (κ1) is 27.6. The molecule has 38 heavy (non-hydrogen) atoms. The van der Waals surface area contributed by atoms with Crippen molar-refractivity contribution in [3.05, 3.63) is 76.3 Å². The number of fused-ring (bicyclic) bond motifs is 1. The monoisotopic (exact) mass is 535 g/mol. The Morgan fingerprint density at radius 2 is 1.79 bits per heavy atom. The standard InChI is InChI=1S/C29H34ClN5O3/c1-29(2,31)11-12-34-13-15-35(16-14-34)27(37)18-20-7-8-22(24-6-4-3-5-23(20)24)19-32-33-28(38)21-9-10-26(36)25(30)17-21/h3-10,17,19,36H,11-16,18,31H2,1-2H3,(H,33,38)/b32-19+. The fourth-order valence-electron chi connectivity index (χ4n) is 4.47. The van der Waals surface area contributed by atoms with Crippen LogP contribution in [0.15, 0.2) is 59.7 Å². The molecule has 0 saturated carbocycles. The molecule has 0 atom stereocenters. The maximum atomic E-state index is 13.1. The Kier molecular flexibility index (Phi) is 8.66. The highest BCUT2D eigenvalue weighted by Crippen LogP contribution is 2.24. The normalized spacial score (nSPS) is 14.8. The number of hydrogen-bond acceptors (Lipinski definition) is 6. The van der Waals surface area contributed by atoms with Crippen LogP contribution in [0.3, 0.4) is 0 Å². The zero-order valence-corrected chi connectivity index (χ0v) is 22.5. The third-order valence-electron chi connectivity index (χ3n) is 6.77. The van der Waals surface area contributed by atoms with Crippen molar-refractivity contribution in [2.24, 2.45) is 10.8 Å². The van der Waals surface area contributed by atoms with Gasteiger partial charge in [-0.3, -0.25) is 14.5 Å². The highest BCUT2D eigenvalue weighted by Gasteiger charge is 2.23. The van der Waals surface area contributed by atoms with Crippen LogP contribution in [0.25, 0.3) is 10.8 Å². The van der Waals surface area contributed by atoms with Gasteiger partial charge in [0.25, 0.3) is 5.91 Å². The summed E-state index contributed by atoms with van der Waals surface area (Å²) in [5.74, 6) is -0.414. The number of carbonyl (C=O) groups is 2. The van der Waals surface area contributed by atoms with Gasteiger partial charge in [-0.1, -0.05) is 48.0 Å². The molecule has 8 nitrogen and oxygen atoms in total. The molecule has 4 N–H and O–H groups in total. The maximum absolute atomic E-state index is 13.1. The Morgan fingerprint density at radius 1 is 1.08 bits per heavy atom. The lowest BCUT2D eigenvalue weighted by atomic mass is 9.97. The van der Waals surface area contributed by atoms with Gasteiger partial charge in [0.1, 0.15) is 5.75 Å². The van der Waals surface area contributed by atoms with Crippen LogP contribution >= 0.6 is 11.6 Å². The summed E-state index contributed by atoms with van der Waals surface area (Å²) in [6.07, 6.45) is 2.83. The van der Waals surface area contributed by atoms with Crippen molar-refractivity contribution in [3.8, 4) is 5.75 Å². The van der Waals surface area contributed by atoms with Crippen molar-refractivity contribution in [2.75, 3.05) is 32.7 Å². The van der Waals surface area contributed by atoms with Crippen LogP contribution in [-0.4, -0.2) is 71.2 Å². The van der Waals surface area contributed by atoms with E-state index in [1.165, 1.54) is 18.2 Å². The van der Waals surface area contributed by atoms with E-state index >= 15 is 0 Å². The fraction of sp³-hybridized carbons (Fsp3) is 0.345. The summed E-state index contributed by atoms with van der Waals surface area (Å²) in [5, 5.41) is 15.6. The zero-order chi connectivity index (χ0) is 27.3. The van der Waals surface area contributed by atoms with E-state index in [1.807, 2.05) is 55.1 Å². The molecule has 3 aromatic rings. The Bertz CT molecular complexity index is 1340. The second-order valence-corrected chi connectivity index (χ2v) is 10.8. The summed E-state index contributed by atoms with van der Waals surface area (Å²) in [4.78, 5) is 29.8. The average Bonchev–Trinajstić information content (AvgIpc) is 2.90. The van der Waals surface area contributed by atoms with E-state index in [2.05, 4.69) is 15.4 Å². The van der Waals surface area contributed by atoms with Gasteiger partial charge in [-0.2, -0.15) is 5.10 Å². The van der Waals surface area contributed by atoms with Gasteiger partial charge in [-0.15, -0.1) is 0 Å². The highest BCUT2D eigenvalue weighted by atomic mass is 35.5. The molecule has 0 aromatic heterocycles. The summed E-state index contributed by atoms with van der Waals surface area (Å²) >= 11 is 5.89. The molecule has 9 heteroatoms. The molecule has 0 aliphatic carbocycles. The summed E-state index contributed by atoms with van der Waals surface area (Å²) in [6, 6.07) is 15.9. The molecule has 2 amide bonds. The lowest BCUT2D eigenvalue weighted by Crippen LogP contribution is -2.50. The Morgan fingerprint density at radius 3 is 2.47 bits per heavy atom. The molecule has 0 spiro atoms. The van der Waals surface area contributed by atoms with Gasteiger partial charge in [-0.05, 0) is 54.8 Å². The molecule has 1 aliphatic heterocycles. The molecule has 200 valence electrons. The van der Waals surface area contributed by atoms with Crippen LogP contribution in [0.1, 0.15) is 41.8 Å². The molecular formula is C29H34ClN5O3. The quantitative estimate of drug-likeness (QED) is 0.300. The number of hydrazone groups is 1. The molecule has 0 bridgehead atoms. The van der Waals surface area contributed by atoms with Crippen molar-refractivity contribution in [1.29, 1.82) is 0 Å². The molecule has 0 unspecified atom stereocenters. The molecule has 3 aromatic carbocycles. The number of piperazine rings is 1. The van der Waals surface area contributed by atoms with E-state index in [0.717, 1.165) is 61.0 Å². The SMILES string of the molecule is CC(C)(N)CCN1CCN(C(=O)Cc2ccc(/C=N/NC(=O)c3ccc(O)c(Cl)c3)c3ccccc23)CC1. The number of carbonyl (C=O) groups excluding carboxylic acids is 2. The number of rotatable bonds is 8. The smallest absolute Gasteiger partial charge is 0.271 e. The minimum absolute atomic E-state index is 0.0920. The van der Waals surface area contributed by atoms with Crippen LogP contribution in [0, 0.1) is 0 Å². The second kappa shape index (κ2) is 11.9. The van der Waals surface area contributed by atoms with E-state index in [4.69, 9.17) is 17.3 Å². The topological polar surface area (TPSA) is 111 Å². The van der Waals surface area contributed by atoms with Crippen molar-refractivity contribution in [1.82, 2.24) is 15.2 Å². The van der Waals surface area contributed by atoms with E-state index < -0.39 is 5.91 Å². The molecule has 1 fully saturated rings. The van der Waals surface area contributed by atoms with E-state index in [9.17, 15) is 14.7 Å². The number of hydrogen-bond donors (Lipinski definition) is 3. The molecule has 1 aliphatic rings. The minimum atomic E-state index is -0.443. The summed E-state index contributed by atoms with van der Waals surface area (Å²) in [6.45, 7) is 8.19. The Hall–Kier alpha value is -3.46. The van der Waals surface area contributed by atoms with Crippen LogP contribution < -0.4 is 11.2 Å². The first-order chi connectivity index (χ1) is 18.1. The number of nitrogens with one attached hydrogen (secondary N) is 1. The third-order valence-corrected chi connectivity index (χ3v) is 7.07. The number of benzene rings is 3. The lowest BCUT2D eigenvalue weighted by Gasteiger charge is -2.36. The molecule has 1 heterocycles. The first-order valence-corrected chi connectivity index (χ1v) is 13.1. The van der Waals surface area contributed by atoms with Crippen LogP contribution in [0.4, 0.5) is 0 Å². The average molecular weight is 536 g/mol. The highest BCUT2D eigenvalue weighted by molar-refractivity contribution is 6.32. The van der Waals surface area contributed by atoms with Gasteiger partial charge >= 0.3 is 0 Å². The Labute approximate surface area is 228 Å². The molecule has 1 saturated heterocycles. The van der Waals surface area contributed by atoms with Crippen LogP contribution in [-0.2, 0) is 11.2 Å². The molecular weight excluding hydrogens is 502 g/mol. The van der Waals surface area contributed by atoms with Crippen molar-refractivity contribution < 1.29 is 14.7 Å². The number of aromatic hydroxyl groups is 1. The number of halogens is 1.